The molecule has 3 heterocycles. The molecule has 0 aliphatic carbocycles. The van der Waals surface area contributed by atoms with Crippen molar-refractivity contribution in [3.05, 3.63) is 40.2 Å². The molecule has 0 atom stereocenters. The Morgan fingerprint density at radius 1 is 1.38 bits per heavy atom. The van der Waals surface area contributed by atoms with Crippen molar-refractivity contribution < 1.29 is 19.1 Å². The number of hydrogen-bond donors (Lipinski definition) is 1. The number of amides is 2. The number of nitrogens with one attached hydrogen (secondary N) is 1. The number of carbonyl (C=O) groups is 2. The Morgan fingerprint density at radius 3 is 3.07 bits per heavy atom. The SMILES string of the molecule is COCCc1nc(-c2ccc3c(c2)N(CC(=O)Nc2nccs2)C(=O)CO3)cs1. The second-order valence-electron chi connectivity index (χ2n) is 6.21. The predicted molar refractivity (Wildman–Crippen MR) is 112 cm³/mol. The molecule has 0 bridgehead atoms. The van der Waals surface area contributed by atoms with E-state index in [0.717, 1.165) is 22.7 Å². The molecule has 29 heavy (non-hydrogen) atoms. The molecule has 150 valence electrons. The third-order valence-corrected chi connectivity index (χ3v) is 5.85. The number of rotatable bonds is 7. The van der Waals surface area contributed by atoms with Crippen LogP contribution in [-0.4, -0.2) is 48.7 Å². The summed E-state index contributed by atoms with van der Waals surface area (Å²) in [6.07, 6.45) is 2.35. The third-order valence-electron chi connectivity index (χ3n) is 4.25. The largest absolute Gasteiger partial charge is 0.482 e. The van der Waals surface area contributed by atoms with E-state index in [1.807, 2.05) is 17.5 Å². The van der Waals surface area contributed by atoms with E-state index in [0.29, 0.717) is 23.2 Å². The number of anilines is 2. The van der Waals surface area contributed by atoms with Gasteiger partial charge in [0.15, 0.2) is 11.7 Å². The van der Waals surface area contributed by atoms with Crippen LogP contribution in [0.2, 0.25) is 0 Å². The van der Waals surface area contributed by atoms with Gasteiger partial charge in [0.1, 0.15) is 12.3 Å². The zero-order chi connectivity index (χ0) is 20.2. The zero-order valence-electron chi connectivity index (χ0n) is 15.6. The number of thiazole rings is 2. The molecule has 0 unspecified atom stereocenters. The van der Waals surface area contributed by atoms with E-state index < -0.39 is 0 Å². The Morgan fingerprint density at radius 2 is 2.28 bits per heavy atom. The lowest BCUT2D eigenvalue weighted by molar-refractivity contribution is -0.123. The Labute approximate surface area is 175 Å². The van der Waals surface area contributed by atoms with Crippen LogP contribution in [0.1, 0.15) is 5.01 Å². The molecule has 1 N–H and O–H groups in total. The summed E-state index contributed by atoms with van der Waals surface area (Å²) in [5.41, 5.74) is 2.22. The highest BCUT2D eigenvalue weighted by atomic mass is 32.1. The monoisotopic (exact) mass is 430 g/mol. The molecule has 0 saturated heterocycles. The average molecular weight is 431 g/mol. The standard InChI is InChI=1S/C19H18N4O4S2/c1-26-6-4-17-21-13(11-29-17)12-2-3-15-14(8-12)23(18(25)10-27-15)9-16(24)22-19-20-5-7-28-19/h2-3,5,7-8,11H,4,6,9-10H2,1H3,(H,20,22,24). The van der Waals surface area contributed by atoms with Gasteiger partial charge in [-0.2, -0.15) is 0 Å². The Balaban J connectivity index is 1.56. The summed E-state index contributed by atoms with van der Waals surface area (Å²) >= 11 is 2.88. The van der Waals surface area contributed by atoms with Gasteiger partial charge in [0, 0.05) is 36.1 Å². The highest BCUT2D eigenvalue weighted by molar-refractivity contribution is 7.13. The first-order valence-corrected chi connectivity index (χ1v) is 10.6. The summed E-state index contributed by atoms with van der Waals surface area (Å²) in [7, 11) is 1.66. The van der Waals surface area contributed by atoms with Crippen LogP contribution in [0.5, 0.6) is 5.75 Å². The molecule has 1 aliphatic heterocycles. The van der Waals surface area contributed by atoms with Crippen LogP contribution < -0.4 is 15.0 Å². The first-order chi connectivity index (χ1) is 14.1. The molecule has 1 aliphatic rings. The van der Waals surface area contributed by atoms with Gasteiger partial charge in [-0.25, -0.2) is 9.97 Å². The fourth-order valence-electron chi connectivity index (χ4n) is 2.87. The lowest BCUT2D eigenvalue weighted by atomic mass is 10.1. The van der Waals surface area contributed by atoms with Crippen LogP contribution in [0.4, 0.5) is 10.8 Å². The van der Waals surface area contributed by atoms with Crippen molar-refractivity contribution in [3.63, 3.8) is 0 Å². The average Bonchev–Trinajstić information content (AvgIpc) is 3.40. The maximum Gasteiger partial charge on any atom is 0.265 e. The first-order valence-electron chi connectivity index (χ1n) is 8.84. The molecule has 10 heteroatoms. The number of nitrogens with zero attached hydrogens (tertiary/aromatic N) is 3. The van der Waals surface area contributed by atoms with Gasteiger partial charge < -0.3 is 14.8 Å². The molecular formula is C19H18N4O4S2. The summed E-state index contributed by atoms with van der Waals surface area (Å²) in [6.45, 7) is 0.393. The van der Waals surface area contributed by atoms with E-state index in [9.17, 15) is 9.59 Å². The molecule has 0 radical (unpaired) electrons. The zero-order valence-corrected chi connectivity index (χ0v) is 17.2. The lowest BCUT2D eigenvalue weighted by Gasteiger charge is -2.29. The minimum atomic E-state index is -0.318. The predicted octanol–water partition coefficient (Wildman–Crippen LogP) is 2.82. The maximum absolute atomic E-state index is 12.4. The van der Waals surface area contributed by atoms with Crippen LogP contribution in [0, 0.1) is 0 Å². The summed E-state index contributed by atoms with van der Waals surface area (Å²) in [4.78, 5) is 34.9. The van der Waals surface area contributed by atoms with Gasteiger partial charge in [-0.15, -0.1) is 22.7 Å². The van der Waals surface area contributed by atoms with Crippen LogP contribution in [0.15, 0.2) is 35.2 Å². The summed E-state index contributed by atoms with van der Waals surface area (Å²) in [6, 6.07) is 5.53. The van der Waals surface area contributed by atoms with Crippen molar-refractivity contribution in [1.82, 2.24) is 9.97 Å². The second-order valence-corrected chi connectivity index (χ2v) is 8.04. The van der Waals surface area contributed by atoms with Gasteiger partial charge in [-0.3, -0.25) is 14.5 Å². The topological polar surface area (TPSA) is 93.6 Å². The smallest absolute Gasteiger partial charge is 0.265 e. The Bertz CT molecular complexity index is 1020. The maximum atomic E-state index is 12.4. The second kappa shape index (κ2) is 8.68. The molecule has 3 aromatic rings. The fourth-order valence-corrected chi connectivity index (χ4v) is 4.20. The first kappa shape index (κ1) is 19.5. The van der Waals surface area contributed by atoms with E-state index in [1.165, 1.54) is 16.2 Å². The highest BCUT2D eigenvalue weighted by Crippen LogP contribution is 2.36. The van der Waals surface area contributed by atoms with Crippen LogP contribution in [0.3, 0.4) is 0 Å². The molecule has 0 saturated carbocycles. The number of hydrogen-bond acceptors (Lipinski definition) is 8. The number of fused-ring (bicyclic) bond motifs is 1. The molecular weight excluding hydrogens is 412 g/mol. The van der Waals surface area contributed by atoms with Crippen LogP contribution in [0.25, 0.3) is 11.3 Å². The molecule has 1 aromatic carbocycles. The van der Waals surface area contributed by atoms with E-state index in [4.69, 9.17) is 9.47 Å². The van der Waals surface area contributed by atoms with Gasteiger partial charge in [0.05, 0.1) is 23.0 Å². The third kappa shape index (κ3) is 4.44. The summed E-state index contributed by atoms with van der Waals surface area (Å²) < 4.78 is 10.6. The molecule has 2 amide bonds. The van der Waals surface area contributed by atoms with Crippen LogP contribution >= 0.6 is 22.7 Å². The van der Waals surface area contributed by atoms with E-state index in [1.54, 1.807) is 36.1 Å². The van der Waals surface area contributed by atoms with Crippen molar-refractivity contribution in [3.8, 4) is 17.0 Å². The minimum absolute atomic E-state index is 0.102. The lowest BCUT2D eigenvalue weighted by Crippen LogP contribution is -2.43. The number of carbonyl (C=O) groups excluding carboxylic acids is 2. The minimum Gasteiger partial charge on any atom is -0.482 e. The molecule has 8 nitrogen and oxygen atoms in total. The van der Waals surface area contributed by atoms with Crippen molar-refractivity contribution in [2.24, 2.45) is 0 Å². The van der Waals surface area contributed by atoms with Gasteiger partial charge in [0.25, 0.3) is 5.91 Å². The number of methoxy groups -OCH3 is 1. The Hall–Kier alpha value is -2.82. The number of ether oxygens (including phenoxy) is 2. The van der Waals surface area contributed by atoms with Crippen molar-refractivity contribution in [1.29, 1.82) is 0 Å². The Kier molecular flexibility index (Phi) is 5.84. The van der Waals surface area contributed by atoms with Crippen molar-refractivity contribution in [2.45, 2.75) is 6.42 Å². The van der Waals surface area contributed by atoms with Gasteiger partial charge in [-0.05, 0) is 18.2 Å². The molecule has 0 fully saturated rings. The quantitative estimate of drug-likeness (QED) is 0.620. The normalized spacial score (nSPS) is 13.1. The molecule has 0 spiro atoms. The number of aromatic nitrogens is 2. The highest BCUT2D eigenvalue weighted by Gasteiger charge is 2.28. The summed E-state index contributed by atoms with van der Waals surface area (Å²) in [5.74, 6) is -0.0321. The van der Waals surface area contributed by atoms with E-state index in [2.05, 4.69) is 15.3 Å². The van der Waals surface area contributed by atoms with Crippen molar-refractivity contribution in [2.75, 3.05) is 37.1 Å². The van der Waals surface area contributed by atoms with E-state index >= 15 is 0 Å². The van der Waals surface area contributed by atoms with Crippen molar-refractivity contribution >= 4 is 45.3 Å². The van der Waals surface area contributed by atoms with Gasteiger partial charge in [-0.1, -0.05) is 0 Å². The number of benzene rings is 1. The van der Waals surface area contributed by atoms with Crippen LogP contribution in [-0.2, 0) is 20.7 Å². The fraction of sp³-hybridized carbons (Fsp3) is 0.263. The van der Waals surface area contributed by atoms with Gasteiger partial charge in [0.2, 0.25) is 5.91 Å². The summed E-state index contributed by atoms with van der Waals surface area (Å²) in [5, 5.41) is 7.92. The molecule has 2 aromatic heterocycles. The van der Waals surface area contributed by atoms with E-state index in [-0.39, 0.29) is 25.0 Å². The van der Waals surface area contributed by atoms with Gasteiger partial charge >= 0.3 is 0 Å². The molecule has 4 rings (SSSR count).